The fraction of sp³-hybridized carbons (Fsp3) is 0.214. The van der Waals surface area contributed by atoms with Crippen molar-refractivity contribution in [2.45, 2.75) is 13.3 Å². The second kappa shape index (κ2) is 6.87. The minimum Gasteiger partial charge on any atom is -0.351 e. The third kappa shape index (κ3) is 3.55. The molecule has 0 aliphatic carbocycles. The van der Waals surface area contributed by atoms with Crippen LogP contribution in [0.3, 0.4) is 0 Å². The Morgan fingerprint density at radius 3 is 2.91 bits per heavy atom. The zero-order chi connectivity index (χ0) is 15.5. The first-order chi connectivity index (χ1) is 10.6. The molecule has 0 unspecified atom stereocenters. The number of carbonyl (C=O) groups is 1. The lowest BCUT2D eigenvalue weighted by atomic mass is 10.3. The molecule has 3 heterocycles. The summed E-state index contributed by atoms with van der Waals surface area (Å²) in [5.74, 6) is -0.0829. The van der Waals surface area contributed by atoms with E-state index in [2.05, 4.69) is 15.3 Å². The number of hydrogen-bond donors (Lipinski definition) is 1. The Morgan fingerprint density at radius 1 is 1.36 bits per heavy atom. The van der Waals surface area contributed by atoms with E-state index >= 15 is 0 Å². The summed E-state index contributed by atoms with van der Waals surface area (Å²) in [4.78, 5) is 22.6. The number of carbonyl (C=O) groups excluding carboxylic acids is 1. The molecule has 0 aromatic carbocycles. The molecule has 1 N–H and O–H groups in total. The summed E-state index contributed by atoms with van der Waals surface area (Å²) in [5.41, 5.74) is 0.747. The molecule has 0 radical (unpaired) electrons. The van der Waals surface area contributed by atoms with Crippen molar-refractivity contribution in [1.29, 1.82) is 0 Å². The van der Waals surface area contributed by atoms with E-state index in [4.69, 9.17) is 11.6 Å². The molecule has 114 valence electrons. The summed E-state index contributed by atoms with van der Waals surface area (Å²) in [6.45, 7) is 2.43. The monoisotopic (exact) mass is 369 g/mol. The van der Waals surface area contributed by atoms with Crippen molar-refractivity contribution in [3.63, 3.8) is 0 Å². The zero-order valence-electron chi connectivity index (χ0n) is 11.6. The van der Waals surface area contributed by atoms with Crippen molar-refractivity contribution in [3.05, 3.63) is 43.6 Å². The van der Waals surface area contributed by atoms with Gasteiger partial charge in [-0.05, 0) is 19.1 Å². The number of rotatable bonds is 5. The van der Waals surface area contributed by atoms with Crippen LogP contribution in [0.25, 0.3) is 9.88 Å². The van der Waals surface area contributed by atoms with Gasteiger partial charge in [0, 0.05) is 24.5 Å². The zero-order valence-corrected chi connectivity index (χ0v) is 14.8. The van der Waals surface area contributed by atoms with E-state index in [1.165, 1.54) is 22.7 Å². The van der Waals surface area contributed by atoms with Crippen LogP contribution in [0, 0.1) is 6.92 Å². The lowest BCUT2D eigenvalue weighted by Crippen LogP contribution is -2.25. The van der Waals surface area contributed by atoms with Gasteiger partial charge in [-0.1, -0.05) is 11.6 Å². The van der Waals surface area contributed by atoms with Crippen LogP contribution in [0.1, 0.15) is 20.4 Å². The highest BCUT2D eigenvalue weighted by atomic mass is 35.5. The number of aromatic nitrogens is 2. The van der Waals surface area contributed by atoms with E-state index in [0.717, 1.165) is 31.3 Å². The average molecular weight is 370 g/mol. The Hall–Kier alpha value is -1.28. The smallest absolute Gasteiger partial charge is 0.263 e. The highest BCUT2D eigenvalue weighted by molar-refractivity contribution is 7.24. The fourth-order valence-corrected chi connectivity index (χ4v) is 4.58. The van der Waals surface area contributed by atoms with Gasteiger partial charge in [0.25, 0.3) is 5.91 Å². The third-order valence-electron chi connectivity index (χ3n) is 2.89. The van der Waals surface area contributed by atoms with Crippen LogP contribution in [-0.4, -0.2) is 22.4 Å². The number of thiophene rings is 1. The van der Waals surface area contributed by atoms with Crippen LogP contribution < -0.4 is 5.32 Å². The minimum atomic E-state index is -0.0829. The van der Waals surface area contributed by atoms with Crippen LogP contribution in [0.15, 0.2) is 23.7 Å². The van der Waals surface area contributed by atoms with Gasteiger partial charge in [-0.2, -0.15) is 0 Å². The van der Waals surface area contributed by atoms with Crippen molar-refractivity contribution < 1.29 is 4.79 Å². The number of thiazole rings is 2. The molecule has 8 heteroatoms. The molecular formula is C14H12ClN3OS3. The van der Waals surface area contributed by atoms with Gasteiger partial charge in [0.2, 0.25) is 0 Å². The summed E-state index contributed by atoms with van der Waals surface area (Å²) in [5, 5.41) is 6.71. The highest BCUT2D eigenvalue weighted by Crippen LogP contribution is 2.34. The van der Waals surface area contributed by atoms with Gasteiger partial charge in [-0.25, -0.2) is 9.97 Å². The Balaban J connectivity index is 1.66. The van der Waals surface area contributed by atoms with Crippen molar-refractivity contribution in [1.82, 2.24) is 15.3 Å². The summed E-state index contributed by atoms with van der Waals surface area (Å²) in [6.07, 6.45) is 2.52. The SMILES string of the molecule is Cc1nc(-c2ccc(Cl)s2)sc1C(=O)NCCc1nccs1. The van der Waals surface area contributed by atoms with Gasteiger partial charge in [0.05, 0.1) is 19.9 Å². The second-order valence-electron chi connectivity index (χ2n) is 4.47. The number of hydrogen-bond acceptors (Lipinski definition) is 6. The molecule has 1 amide bonds. The van der Waals surface area contributed by atoms with Crippen molar-refractivity contribution in [2.24, 2.45) is 0 Å². The molecule has 0 aliphatic rings. The Morgan fingerprint density at radius 2 is 2.23 bits per heavy atom. The van der Waals surface area contributed by atoms with Crippen molar-refractivity contribution in [2.75, 3.05) is 6.54 Å². The van der Waals surface area contributed by atoms with E-state index in [1.807, 2.05) is 24.4 Å². The number of halogens is 1. The molecule has 0 spiro atoms. The van der Waals surface area contributed by atoms with Gasteiger partial charge in [0.15, 0.2) is 0 Å². The van der Waals surface area contributed by atoms with Crippen LogP contribution in [0.5, 0.6) is 0 Å². The van der Waals surface area contributed by atoms with Gasteiger partial charge in [0.1, 0.15) is 9.88 Å². The lowest BCUT2D eigenvalue weighted by Gasteiger charge is -2.01. The number of nitrogens with zero attached hydrogens (tertiary/aromatic N) is 2. The molecule has 3 aromatic heterocycles. The standard InChI is InChI=1S/C14H12ClN3OS3/c1-8-12(13(19)17-5-4-11-16-6-7-20-11)22-14(18-8)9-2-3-10(15)21-9/h2-3,6-7H,4-5H2,1H3,(H,17,19). The van der Waals surface area contributed by atoms with Gasteiger partial charge in [-0.3, -0.25) is 4.79 Å². The van der Waals surface area contributed by atoms with Crippen LogP contribution in [0.2, 0.25) is 4.34 Å². The summed E-state index contributed by atoms with van der Waals surface area (Å²) < 4.78 is 0.720. The second-order valence-corrected chi connectivity index (χ2v) is 8.16. The van der Waals surface area contributed by atoms with Gasteiger partial charge >= 0.3 is 0 Å². The van der Waals surface area contributed by atoms with Crippen LogP contribution >= 0.6 is 45.6 Å². The van der Waals surface area contributed by atoms with E-state index in [9.17, 15) is 4.79 Å². The van der Waals surface area contributed by atoms with Crippen LogP contribution in [-0.2, 0) is 6.42 Å². The number of amides is 1. The quantitative estimate of drug-likeness (QED) is 0.730. The van der Waals surface area contributed by atoms with E-state index < -0.39 is 0 Å². The van der Waals surface area contributed by atoms with E-state index in [0.29, 0.717) is 11.4 Å². The summed E-state index contributed by atoms with van der Waals surface area (Å²) >= 11 is 10.4. The normalized spacial score (nSPS) is 10.8. The van der Waals surface area contributed by atoms with Gasteiger partial charge in [-0.15, -0.1) is 34.0 Å². The molecule has 0 bridgehead atoms. The molecular weight excluding hydrogens is 358 g/mol. The third-order valence-corrected chi connectivity index (χ3v) is 6.29. The fourth-order valence-electron chi connectivity index (χ4n) is 1.88. The summed E-state index contributed by atoms with van der Waals surface area (Å²) in [7, 11) is 0. The molecule has 0 saturated carbocycles. The van der Waals surface area contributed by atoms with E-state index in [-0.39, 0.29) is 5.91 Å². The number of aryl methyl sites for hydroxylation is 1. The van der Waals surface area contributed by atoms with Crippen LogP contribution in [0.4, 0.5) is 0 Å². The largest absolute Gasteiger partial charge is 0.351 e. The van der Waals surface area contributed by atoms with Crippen molar-refractivity contribution >= 4 is 51.5 Å². The molecule has 4 nitrogen and oxygen atoms in total. The highest BCUT2D eigenvalue weighted by Gasteiger charge is 2.16. The molecule has 0 atom stereocenters. The first kappa shape index (κ1) is 15.6. The Kier molecular flexibility index (Phi) is 4.87. The maximum atomic E-state index is 12.3. The van der Waals surface area contributed by atoms with Crippen molar-refractivity contribution in [3.8, 4) is 9.88 Å². The molecule has 0 aliphatic heterocycles. The first-order valence-corrected chi connectivity index (χ1v) is 9.42. The Bertz CT molecular complexity index is 779. The van der Waals surface area contributed by atoms with Gasteiger partial charge < -0.3 is 5.32 Å². The molecule has 0 fully saturated rings. The first-order valence-electron chi connectivity index (χ1n) is 6.53. The maximum Gasteiger partial charge on any atom is 0.263 e. The topological polar surface area (TPSA) is 54.9 Å². The predicted molar refractivity (Wildman–Crippen MR) is 93.3 cm³/mol. The number of nitrogens with one attached hydrogen (secondary N) is 1. The van der Waals surface area contributed by atoms with E-state index in [1.54, 1.807) is 17.5 Å². The summed E-state index contributed by atoms with van der Waals surface area (Å²) in [6, 6.07) is 3.77. The molecule has 3 rings (SSSR count). The molecule has 3 aromatic rings. The Labute approximate surface area is 144 Å². The predicted octanol–water partition coefficient (Wildman–Crippen LogP) is 4.26. The maximum absolute atomic E-state index is 12.3. The molecule has 0 saturated heterocycles. The average Bonchev–Trinajstić information content (AvgIpc) is 3.19. The lowest BCUT2D eigenvalue weighted by molar-refractivity contribution is 0.0957. The molecule has 22 heavy (non-hydrogen) atoms. The minimum absolute atomic E-state index is 0.0829.